The van der Waals surface area contributed by atoms with Crippen LogP contribution in [0.1, 0.15) is 6.92 Å². The summed E-state index contributed by atoms with van der Waals surface area (Å²) in [5.41, 5.74) is 7.96. The molecule has 1 aliphatic heterocycles. The molecular weight excluding hydrogens is 276 g/mol. The number of para-hydroxylation sites is 1. The second kappa shape index (κ2) is 5.06. The quantitative estimate of drug-likeness (QED) is 0.777. The van der Waals surface area contributed by atoms with Crippen LogP contribution in [0.25, 0.3) is 16.7 Å². The summed E-state index contributed by atoms with van der Waals surface area (Å²) < 4.78 is 1.85. The Morgan fingerprint density at radius 3 is 2.68 bits per heavy atom. The van der Waals surface area contributed by atoms with Crippen molar-refractivity contribution in [3.8, 4) is 5.69 Å². The van der Waals surface area contributed by atoms with Crippen molar-refractivity contribution in [1.82, 2.24) is 19.7 Å². The lowest BCUT2D eigenvalue weighted by Crippen LogP contribution is -2.28. The average Bonchev–Trinajstić information content (AvgIpc) is 3.12. The van der Waals surface area contributed by atoms with Crippen LogP contribution in [0.2, 0.25) is 0 Å². The minimum Gasteiger partial charge on any atom is -0.354 e. The highest BCUT2D eigenvalue weighted by Crippen LogP contribution is 2.28. The first-order valence-electron chi connectivity index (χ1n) is 7.48. The smallest absolute Gasteiger partial charge is 0.168 e. The first-order chi connectivity index (χ1) is 10.7. The second-order valence-electron chi connectivity index (χ2n) is 5.87. The molecule has 22 heavy (non-hydrogen) atoms. The molecule has 1 fully saturated rings. The lowest BCUT2D eigenvalue weighted by atomic mass is 10.1. The van der Waals surface area contributed by atoms with Gasteiger partial charge in [-0.2, -0.15) is 5.10 Å². The Labute approximate surface area is 128 Å². The van der Waals surface area contributed by atoms with Gasteiger partial charge < -0.3 is 10.6 Å². The fraction of sp³-hybridized carbons (Fsp3) is 0.312. The molecule has 0 aliphatic carbocycles. The van der Waals surface area contributed by atoms with Gasteiger partial charge in [-0.1, -0.05) is 25.1 Å². The molecule has 3 heterocycles. The molecular formula is C16H18N6. The molecule has 2 N–H and O–H groups in total. The summed E-state index contributed by atoms with van der Waals surface area (Å²) in [6, 6.07) is 10.2. The number of hydrogen-bond acceptors (Lipinski definition) is 5. The zero-order valence-corrected chi connectivity index (χ0v) is 12.4. The van der Waals surface area contributed by atoms with Crippen LogP contribution in [-0.2, 0) is 0 Å². The number of benzene rings is 1. The van der Waals surface area contributed by atoms with Gasteiger partial charge in [0.25, 0.3) is 0 Å². The molecule has 1 saturated heterocycles. The summed E-state index contributed by atoms with van der Waals surface area (Å²) in [4.78, 5) is 11.1. The van der Waals surface area contributed by atoms with Crippen molar-refractivity contribution in [3.63, 3.8) is 0 Å². The predicted octanol–water partition coefficient (Wildman–Crippen LogP) is 1.60. The SMILES string of the molecule is CC1CN(c2ncnc3c2cnn3-c2ccccc2)CC1N. The van der Waals surface area contributed by atoms with Gasteiger partial charge in [0.15, 0.2) is 5.65 Å². The van der Waals surface area contributed by atoms with Gasteiger partial charge in [0.05, 0.1) is 17.3 Å². The lowest BCUT2D eigenvalue weighted by molar-refractivity contribution is 0.566. The van der Waals surface area contributed by atoms with E-state index in [0.29, 0.717) is 5.92 Å². The van der Waals surface area contributed by atoms with E-state index in [4.69, 9.17) is 5.73 Å². The Bertz CT molecular complexity index is 787. The Kier molecular flexibility index (Phi) is 3.04. The van der Waals surface area contributed by atoms with Crippen molar-refractivity contribution in [3.05, 3.63) is 42.9 Å². The van der Waals surface area contributed by atoms with E-state index in [-0.39, 0.29) is 6.04 Å². The summed E-state index contributed by atoms with van der Waals surface area (Å²) in [5, 5.41) is 5.46. The van der Waals surface area contributed by atoms with Gasteiger partial charge in [-0.15, -0.1) is 0 Å². The number of hydrogen-bond donors (Lipinski definition) is 1. The highest BCUT2D eigenvalue weighted by atomic mass is 15.3. The number of aromatic nitrogens is 4. The Morgan fingerprint density at radius 1 is 1.14 bits per heavy atom. The summed E-state index contributed by atoms with van der Waals surface area (Å²) >= 11 is 0. The molecule has 1 aromatic carbocycles. The molecule has 0 radical (unpaired) electrons. The van der Waals surface area contributed by atoms with Gasteiger partial charge >= 0.3 is 0 Å². The highest BCUT2D eigenvalue weighted by molar-refractivity contribution is 5.87. The molecule has 2 aromatic heterocycles. The fourth-order valence-corrected chi connectivity index (χ4v) is 3.01. The molecule has 1 aliphatic rings. The highest BCUT2D eigenvalue weighted by Gasteiger charge is 2.29. The molecule has 6 nitrogen and oxygen atoms in total. The second-order valence-corrected chi connectivity index (χ2v) is 5.87. The Morgan fingerprint density at radius 2 is 1.95 bits per heavy atom. The van der Waals surface area contributed by atoms with Gasteiger partial charge in [-0.25, -0.2) is 14.6 Å². The molecule has 0 bridgehead atoms. The summed E-state index contributed by atoms with van der Waals surface area (Å²) in [6.45, 7) is 3.92. The summed E-state index contributed by atoms with van der Waals surface area (Å²) in [5.74, 6) is 1.39. The molecule has 3 aromatic rings. The van der Waals surface area contributed by atoms with Crippen molar-refractivity contribution >= 4 is 16.9 Å². The number of fused-ring (bicyclic) bond motifs is 1. The van der Waals surface area contributed by atoms with Gasteiger partial charge in [-0.3, -0.25) is 0 Å². The first-order valence-corrected chi connectivity index (χ1v) is 7.48. The maximum atomic E-state index is 6.14. The lowest BCUT2D eigenvalue weighted by Gasteiger charge is -2.17. The van der Waals surface area contributed by atoms with Crippen LogP contribution in [0, 0.1) is 5.92 Å². The van der Waals surface area contributed by atoms with E-state index < -0.39 is 0 Å². The third-order valence-electron chi connectivity index (χ3n) is 4.32. The molecule has 0 spiro atoms. The van der Waals surface area contributed by atoms with Crippen molar-refractivity contribution in [1.29, 1.82) is 0 Å². The molecule has 6 heteroatoms. The van der Waals surface area contributed by atoms with Crippen LogP contribution >= 0.6 is 0 Å². The first kappa shape index (κ1) is 13.2. The van der Waals surface area contributed by atoms with Crippen LogP contribution in [-0.4, -0.2) is 38.9 Å². The van der Waals surface area contributed by atoms with Crippen LogP contribution in [0.3, 0.4) is 0 Å². The van der Waals surface area contributed by atoms with E-state index in [1.165, 1.54) is 0 Å². The number of rotatable bonds is 2. The Balaban J connectivity index is 1.81. The molecule has 0 amide bonds. The molecule has 112 valence electrons. The summed E-state index contributed by atoms with van der Waals surface area (Å²) in [6.07, 6.45) is 3.44. The van der Waals surface area contributed by atoms with Crippen LogP contribution in [0.15, 0.2) is 42.9 Å². The van der Waals surface area contributed by atoms with Crippen molar-refractivity contribution in [2.45, 2.75) is 13.0 Å². The standard InChI is InChI=1S/C16H18N6/c1-11-8-21(9-14(11)17)15-13-7-20-22(16(13)19-10-18-15)12-5-3-2-4-6-12/h2-7,10-11,14H,8-9,17H2,1H3. The zero-order chi connectivity index (χ0) is 15.1. The van der Waals surface area contributed by atoms with Crippen molar-refractivity contribution in [2.75, 3.05) is 18.0 Å². The number of nitrogens with zero attached hydrogens (tertiary/aromatic N) is 5. The van der Waals surface area contributed by atoms with Crippen LogP contribution in [0.4, 0.5) is 5.82 Å². The molecule has 0 saturated carbocycles. The predicted molar refractivity (Wildman–Crippen MR) is 86.0 cm³/mol. The Hall–Kier alpha value is -2.47. The van der Waals surface area contributed by atoms with Gasteiger partial charge in [0.1, 0.15) is 12.1 Å². The van der Waals surface area contributed by atoms with Gasteiger partial charge in [-0.05, 0) is 18.1 Å². The van der Waals surface area contributed by atoms with E-state index in [0.717, 1.165) is 35.6 Å². The average molecular weight is 294 g/mol. The fourth-order valence-electron chi connectivity index (χ4n) is 3.01. The van der Waals surface area contributed by atoms with Gasteiger partial charge in [0.2, 0.25) is 0 Å². The minimum absolute atomic E-state index is 0.189. The molecule has 4 rings (SSSR count). The van der Waals surface area contributed by atoms with E-state index in [9.17, 15) is 0 Å². The third kappa shape index (κ3) is 2.03. The molecule has 2 atom stereocenters. The zero-order valence-electron chi connectivity index (χ0n) is 12.4. The largest absolute Gasteiger partial charge is 0.354 e. The topological polar surface area (TPSA) is 72.9 Å². The van der Waals surface area contributed by atoms with Crippen molar-refractivity contribution in [2.24, 2.45) is 11.7 Å². The van der Waals surface area contributed by atoms with E-state index in [2.05, 4.69) is 26.9 Å². The van der Waals surface area contributed by atoms with Crippen LogP contribution in [0.5, 0.6) is 0 Å². The monoisotopic (exact) mass is 294 g/mol. The van der Waals surface area contributed by atoms with Crippen molar-refractivity contribution < 1.29 is 0 Å². The number of nitrogens with two attached hydrogens (primary N) is 1. The summed E-state index contributed by atoms with van der Waals surface area (Å²) in [7, 11) is 0. The normalized spacial score (nSPS) is 21.6. The van der Waals surface area contributed by atoms with E-state index >= 15 is 0 Å². The van der Waals surface area contributed by atoms with Crippen LogP contribution < -0.4 is 10.6 Å². The maximum absolute atomic E-state index is 6.14. The van der Waals surface area contributed by atoms with Gasteiger partial charge in [0, 0.05) is 19.1 Å². The van der Waals surface area contributed by atoms with E-state index in [1.54, 1.807) is 6.33 Å². The van der Waals surface area contributed by atoms with E-state index in [1.807, 2.05) is 41.2 Å². The minimum atomic E-state index is 0.189. The number of anilines is 1. The third-order valence-corrected chi connectivity index (χ3v) is 4.32. The maximum Gasteiger partial charge on any atom is 0.168 e. The molecule has 2 unspecified atom stereocenters.